The third kappa shape index (κ3) is 3.14. The molecular formula is C14H13N3O4. The number of carboxylic acids is 1. The van der Waals surface area contributed by atoms with E-state index < -0.39 is 18.4 Å². The van der Waals surface area contributed by atoms with Crippen LogP contribution >= 0.6 is 0 Å². The van der Waals surface area contributed by atoms with Crippen LogP contribution in [0, 0.1) is 6.92 Å². The Morgan fingerprint density at radius 3 is 2.67 bits per heavy atom. The number of aromatic hydroxyl groups is 1. The quantitative estimate of drug-likeness (QED) is 0.772. The fourth-order valence-electron chi connectivity index (χ4n) is 1.78. The molecule has 0 spiro atoms. The van der Waals surface area contributed by atoms with Crippen molar-refractivity contribution >= 4 is 11.9 Å². The van der Waals surface area contributed by atoms with Gasteiger partial charge in [0.25, 0.3) is 5.91 Å². The smallest absolute Gasteiger partial charge is 0.322 e. The van der Waals surface area contributed by atoms with Crippen LogP contribution < -0.4 is 5.32 Å². The molecule has 0 unspecified atom stereocenters. The van der Waals surface area contributed by atoms with Gasteiger partial charge in [-0.25, -0.2) is 4.98 Å². The summed E-state index contributed by atoms with van der Waals surface area (Å²) >= 11 is 0. The van der Waals surface area contributed by atoms with Crippen LogP contribution in [0.3, 0.4) is 0 Å². The number of nitrogens with zero attached hydrogens (tertiary/aromatic N) is 2. The Balaban J connectivity index is 2.34. The van der Waals surface area contributed by atoms with E-state index in [1.54, 1.807) is 31.3 Å². The minimum absolute atomic E-state index is 0.214. The second-order valence-electron chi connectivity index (χ2n) is 4.29. The van der Waals surface area contributed by atoms with Crippen molar-refractivity contribution in [2.24, 2.45) is 0 Å². The molecule has 0 aliphatic heterocycles. The summed E-state index contributed by atoms with van der Waals surface area (Å²) in [5.41, 5.74) is 1.45. The molecule has 3 N–H and O–H groups in total. The highest BCUT2D eigenvalue weighted by Crippen LogP contribution is 2.29. The van der Waals surface area contributed by atoms with Gasteiger partial charge >= 0.3 is 5.97 Å². The number of carbonyl (C=O) groups excluding carboxylic acids is 1. The Kier molecular flexibility index (Phi) is 4.13. The topological polar surface area (TPSA) is 112 Å². The predicted molar refractivity (Wildman–Crippen MR) is 73.8 cm³/mol. The van der Waals surface area contributed by atoms with Gasteiger partial charge in [-0.2, -0.15) is 0 Å². The lowest BCUT2D eigenvalue weighted by Gasteiger charge is -2.10. The standard InChI is InChI=1S/C14H13N3O4/c1-8-9(10-4-2-3-5-15-10)6-16-12(13(8)20)14(21)17-7-11(18)19/h2-6,20H,7H2,1H3,(H,17,21)(H,18,19). The number of nitrogens with one attached hydrogen (secondary N) is 1. The lowest BCUT2D eigenvalue weighted by atomic mass is 10.1. The molecule has 2 aromatic heterocycles. The Hall–Kier alpha value is -2.96. The van der Waals surface area contributed by atoms with E-state index in [-0.39, 0.29) is 11.4 Å². The molecular weight excluding hydrogens is 274 g/mol. The van der Waals surface area contributed by atoms with Crippen LogP contribution in [0.15, 0.2) is 30.6 Å². The third-order valence-corrected chi connectivity index (χ3v) is 2.86. The number of amides is 1. The van der Waals surface area contributed by atoms with Crippen LogP contribution in [-0.2, 0) is 4.79 Å². The molecule has 2 aromatic rings. The van der Waals surface area contributed by atoms with Gasteiger partial charge in [-0.15, -0.1) is 0 Å². The average molecular weight is 287 g/mol. The van der Waals surface area contributed by atoms with E-state index in [1.807, 2.05) is 0 Å². The SMILES string of the molecule is Cc1c(-c2ccccn2)cnc(C(=O)NCC(=O)O)c1O. The zero-order chi connectivity index (χ0) is 15.4. The molecule has 108 valence electrons. The number of pyridine rings is 2. The summed E-state index contributed by atoms with van der Waals surface area (Å²) in [7, 11) is 0. The van der Waals surface area contributed by atoms with Crippen LogP contribution in [0.1, 0.15) is 16.1 Å². The number of carboxylic acid groups (broad SMARTS) is 1. The maximum Gasteiger partial charge on any atom is 0.322 e. The Morgan fingerprint density at radius 2 is 2.05 bits per heavy atom. The minimum Gasteiger partial charge on any atom is -0.505 e. The van der Waals surface area contributed by atoms with Crippen molar-refractivity contribution in [1.29, 1.82) is 0 Å². The van der Waals surface area contributed by atoms with Crippen molar-refractivity contribution < 1.29 is 19.8 Å². The highest BCUT2D eigenvalue weighted by atomic mass is 16.4. The number of hydrogen-bond donors (Lipinski definition) is 3. The number of carbonyl (C=O) groups is 2. The summed E-state index contributed by atoms with van der Waals surface area (Å²) in [4.78, 5) is 30.2. The van der Waals surface area contributed by atoms with Crippen molar-refractivity contribution in [3.05, 3.63) is 41.9 Å². The van der Waals surface area contributed by atoms with Crippen LogP contribution in [0.2, 0.25) is 0 Å². The van der Waals surface area contributed by atoms with Gasteiger partial charge in [-0.3, -0.25) is 14.6 Å². The van der Waals surface area contributed by atoms with E-state index in [1.165, 1.54) is 6.20 Å². The van der Waals surface area contributed by atoms with Crippen LogP contribution in [0.4, 0.5) is 0 Å². The van der Waals surface area contributed by atoms with Crippen molar-refractivity contribution in [2.45, 2.75) is 6.92 Å². The average Bonchev–Trinajstić information content (AvgIpc) is 2.48. The maximum absolute atomic E-state index is 11.8. The summed E-state index contributed by atoms with van der Waals surface area (Å²) in [6, 6.07) is 5.32. The lowest BCUT2D eigenvalue weighted by Crippen LogP contribution is -2.30. The molecule has 21 heavy (non-hydrogen) atoms. The molecule has 2 rings (SSSR count). The lowest BCUT2D eigenvalue weighted by molar-refractivity contribution is -0.135. The molecule has 0 aliphatic carbocycles. The summed E-state index contributed by atoms with van der Waals surface area (Å²) in [6.07, 6.45) is 3.03. The largest absolute Gasteiger partial charge is 0.505 e. The van der Waals surface area contributed by atoms with E-state index in [9.17, 15) is 14.7 Å². The predicted octanol–water partition coefficient (Wildman–Crippen LogP) is 0.972. The first-order chi connectivity index (χ1) is 10.0. The summed E-state index contributed by atoms with van der Waals surface area (Å²) in [5.74, 6) is -2.21. The van der Waals surface area contributed by atoms with Gasteiger partial charge in [-0.05, 0) is 19.1 Å². The van der Waals surface area contributed by atoms with Crippen molar-refractivity contribution in [3.8, 4) is 17.0 Å². The molecule has 0 saturated carbocycles. The van der Waals surface area contributed by atoms with Gasteiger partial charge in [0.2, 0.25) is 0 Å². The molecule has 1 amide bonds. The van der Waals surface area contributed by atoms with E-state index >= 15 is 0 Å². The zero-order valence-corrected chi connectivity index (χ0v) is 11.2. The van der Waals surface area contributed by atoms with Crippen molar-refractivity contribution in [3.63, 3.8) is 0 Å². The minimum atomic E-state index is -1.18. The van der Waals surface area contributed by atoms with Crippen molar-refractivity contribution in [1.82, 2.24) is 15.3 Å². The van der Waals surface area contributed by atoms with Crippen LogP contribution in [0.25, 0.3) is 11.3 Å². The summed E-state index contributed by atoms with van der Waals surface area (Å²) in [6.45, 7) is 1.09. The van der Waals surface area contributed by atoms with Gasteiger partial charge in [-0.1, -0.05) is 6.07 Å². The van der Waals surface area contributed by atoms with E-state index in [0.29, 0.717) is 16.8 Å². The first-order valence-electron chi connectivity index (χ1n) is 6.10. The molecule has 7 nitrogen and oxygen atoms in total. The molecule has 0 atom stereocenters. The highest BCUT2D eigenvalue weighted by Gasteiger charge is 2.18. The highest BCUT2D eigenvalue weighted by molar-refractivity contribution is 5.97. The fourth-order valence-corrected chi connectivity index (χ4v) is 1.78. The van der Waals surface area contributed by atoms with Gasteiger partial charge in [0.1, 0.15) is 6.54 Å². The first kappa shape index (κ1) is 14.4. The van der Waals surface area contributed by atoms with E-state index in [0.717, 1.165) is 0 Å². The number of aliphatic carboxylic acids is 1. The maximum atomic E-state index is 11.8. The number of aromatic nitrogens is 2. The van der Waals surface area contributed by atoms with E-state index in [4.69, 9.17) is 5.11 Å². The second-order valence-corrected chi connectivity index (χ2v) is 4.29. The monoisotopic (exact) mass is 287 g/mol. The van der Waals surface area contributed by atoms with E-state index in [2.05, 4.69) is 15.3 Å². The van der Waals surface area contributed by atoms with Gasteiger partial charge in [0.05, 0.1) is 5.69 Å². The Bertz CT molecular complexity index is 686. The van der Waals surface area contributed by atoms with Crippen molar-refractivity contribution in [2.75, 3.05) is 6.54 Å². The molecule has 0 bridgehead atoms. The molecule has 2 heterocycles. The molecule has 0 aliphatic rings. The molecule has 0 saturated heterocycles. The molecule has 7 heteroatoms. The molecule has 0 aromatic carbocycles. The van der Waals surface area contributed by atoms with Crippen LogP contribution in [0.5, 0.6) is 5.75 Å². The first-order valence-corrected chi connectivity index (χ1v) is 6.10. The zero-order valence-electron chi connectivity index (χ0n) is 11.2. The molecule has 0 fully saturated rings. The van der Waals surface area contributed by atoms with Crippen LogP contribution in [-0.4, -0.2) is 38.6 Å². The molecule has 0 radical (unpaired) electrons. The Morgan fingerprint density at radius 1 is 1.29 bits per heavy atom. The van der Waals surface area contributed by atoms with Gasteiger partial charge in [0.15, 0.2) is 11.4 Å². The normalized spacial score (nSPS) is 10.1. The second kappa shape index (κ2) is 6.00. The van der Waals surface area contributed by atoms with Gasteiger partial charge in [0, 0.05) is 23.5 Å². The van der Waals surface area contributed by atoms with Gasteiger partial charge < -0.3 is 15.5 Å². The summed E-state index contributed by atoms with van der Waals surface area (Å²) in [5, 5.41) is 20.7. The third-order valence-electron chi connectivity index (χ3n) is 2.86. The fraction of sp³-hybridized carbons (Fsp3) is 0.143. The summed E-state index contributed by atoms with van der Waals surface area (Å²) < 4.78 is 0. The number of rotatable bonds is 4. The number of hydrogen-bond acceptors (Lipinski definition) is 5. The Labute approximate surface area is 120 Å².